The molecule has 0 aliphatic carbocycles. The number of hydrogen-bond donors (Lipinski definition) is 0. The average molecular weight is 450 g/mol. The van der Waals surface area contributed by atoms with Crippen molar-refractivity contribution in [1.29, 1.82) is 0 Å². The average Bonchev–Trinajstić information content (AvgIpc) is 2.69. The van der Waals surface area contributed by atoms with Crippen LogP contribution in [0.2, 0.25) is 0 Å². The van der Waals surface area contributed by atoms with Gasteiger partial charge in [0.15, 0.2) is 0 Å². The summed E-state index contributed by atoms with van der Waals surface area (Å²) in [6, 6.07) is 9.19. The van der Waals surface area contributed by atoms with E-state index >= 15 is 0 Å². The van der Waals surface area contributed by atoms with Gasteiger partial charge in [0.2, 0.25) is 0 Å². The van der Waals surface area contributed by atoms with Gasteiger partial charge < -0.3 is 24.0 Å². The zero-order valence-electron chi connectivity index (χ0n) is 18.3. The number of esters is 1. The van der Waals surface area contributed by atoms with Crippen molar-refractivity contribution in [2.75, 3.05) is 43.7 Å². The normalized spacial score (nSPS) is 17.8. The van der Waals surface area contributed by atoms with E-state index in [-0.39, 0.29) is 17.6 Å². The second kappa shape index (κ2) is 7.79. The Balaban J connectivity index is 1.71. The number of anilines is 3. The topological polar surface area (TPSA) is 51.2 Å². The first-order valence-corrected chi connectivity index (χ1v) is 10.2. The van der Waals surface area contributed by atoms with Crippen LogP contribution in [0.3, 0.4) is 0 Å². The molecule has 2 aliphatic rings. The van der Waals surface area contributed by atoms with Gasteiger partial charge in [0.1, 0.15) is 17.1 Å². The summed E-state index contributed by atoms with van der Waals surface area (Å²) in [5, 5.41) is 0. The molecule has 0 radical (unpaired) electrons. The van der Waals surface area contributed by atoms with Crippen LogP contribution in [0.1, 0.15) is 19.4 Å². The van der Waals surface area contributed by atoms with Crippen LogP contribution in [-0.2, 0) is 15.7 Å². The molecule has 0 bridgehead atoms. The summed E-state index contributed by atoms with van der Waals surface area (Å²) in [7, 11) is 2.93. The van der Waals surface area contributed by atoms with E-state index < -0.39 is 17.3 Å². The Labute approximate surface area is 184 Å². The van der Waals surface area contributed by atoms with E-state index in [4.69, 9.17) is 14.2 Å². The molecule has 0 spiro atoms. The summed E-state index contributed by atoms with van der Waals surface area (Å²) in [5.41, 5.74) is 0.700. The van der Waals surface area contributed by atoms with E-state index in [1.807, 2.05) is 41.8 Å². The fourth-order valence-corrected chi connectivity index (χ4v) is 4.05. The van der Waals surface area contributed by atoms with Gasteiger partial charge in [-0.05, 0) is 38.1 Å². The number of carbonyl (C=O) groups is 1. The molecule has 2 heterocycles. The largest absolute Gasteiger partial charge is 0.497 e. The highest BCUT2D eigenvalue weighted by Gasteiger charge is 2.38. The monoisotopic (exact) mass is 450 g/mol. The zero-order chi connectivity index (χ0) is 23.3. The fourth-order valence-electron chi connectivity index (χ4n) is 4.05. The van der Waals surface area contributed by atoms with Gasteiger partial charge in [-0.1, -0.05) is 0 Å². The Bertz CT molecular complexity index is 1030. The quantitative estimate of drug-likeness (QED) is 0.633. The highest BCUT2D eigenvalue weighted by atomic mass is 19.4. The number of fused-ring (bicyclic) bond motifs is 1. The number of ether oxygens (including phenoxy) is 3. The molecule has 2 aromatic rings. The molecule has 172 valence electrons. The van der Waals surface area contributed by atoms with Gasteiger partial charge in [-0.2, -0.15) is 13.2 Å². The molecule has 0 unspecified atom stereocenters. The number of methoxy groups -OCH3 is 2. The van der Waals surface area contributed by atoms with Crippen LogP contribution in [0.25, 0.3) is 0 Å². The van der Waals surface area contributed by atoms with Crippen LogP contribution in [0.15, 0.2) is 36.4 Å². The molecule has 1 saturated heterocycles. The number of carbonyl (C=O) groups excluding carboxylic acids is 1. The Morgan fingerprint density at radius 1 is 1.09 bits per heavy atom. The van der Waals surface area contributed by atoms with Gasteiger partial charge in [-0.25, -0.2) is 0 Å². The first-order valence-electron chi connectivity index (χ1n) is 10.2. The fraction of sp³-hybridized carbons (Fsp3) is 0.435. The van der Waals surface area contributed by atoms with Crippen LogP contribution in [0.4, 0.5) is 30.2 Å². The molecular formula is C23H25F3N2O4. The third-order valence-electron chi connectivity index (χ3n) is 5.71. The number of rotatable bonds is 4. The minimum absolute atomic E-state index is 0.176. The zero-order valence-corrected chi connectivity index (χ0v) is 18.3. The lowest BCUT2D eigenvalue weighted by atomic mass is 9.98. The smallest absolute Gasteiger partial charge is 0.416 e. The molecule has 2 aliphatic heterocycles. The summed E-state index contributed by atoms with van der Waals surface area (Å²) >= 11 is 0. The van der Waals surface area contributed by atoms with Gasteiger partial charge in [-0.3, -0.25) is 4.79 Å². The molecule has 9 heteroatoms. The molecule has 4 rings (SSSR count). The van der Waals surface area contributed by atoms with E-state index in [0.717, 1.165) is 23.5 Å². The third kappa shape index (κ3) is 4.16. The summed E-state index contributed by atoms with van der Waals surface area (Å²) < 4.78 is 55.9. The maximum Gasteiger partial charge on any atom is 0.416 e. The summed E-state index contributed by atoms with van der Waals surface area (Å²) in [5.74, 6) is 0.360. The van der Waals surface area contributed by atoms with Crippen molar-refractivity contribution in [3.8, 4) is 11.5 Å². The van der Waals surface area contributed by atoms with Crippen molar-refractivity contribution in [2.45, 2.75) is 25.6 Å². The lowest BCUT2D eigenvalue weighted by Crippen LogP contribution is -2.51. The minimum Gasteiger partial charge on any atom is -0.497 e. The first kappa shape index (κ1) is 22.1. The van der Waals surface area contributed by atoms with Crippen LogP contribution in [-0.4, -0.2) is 45.4 Å². The Hall–Kier alpha value is -3.10. The van der Waals surface area contributed by atoms with Crippen LogP contribution in [0.5, 0.6) is 11.5 Å². The van der Waals surface area contributed by atoms with Crippen molar-refractivity contribution >= 4 is 23.0 Å². The molecule has 6 nitrogen and oxygen atoms in total. The molecule has 1 fully saturated rings. The SMILES string of the molecule is COC(=O)C1CN(c2cc(OC)cc(N3CC(C)(C)Oc4cc(C(F)(F)F)ccc43)c2)C1. The van der Waals surface area contributed by atoms with Gasteiger partial charge in [0.05, 0.1) is 37.9 Å². The van der Waals surface area contributed by atoms with Gasteiger partial charge >= 0.3 is 12.1 Å². The molecule has 0 N–H and O–H groups in total. The molecule has 32 heavy (non-hydrogen) atoms. The lowest BCUT2D eigenvalue weighted by Gasteiger charge is -2.42. The van der Waals surface area contributed by atoms with Crippen LogP contribution in [0, 0.1) is 5.92 Å². The summed E-state index contributed by atoms with van der Waals surface area (Å²) in [6.07, 6.45) is -4.46. The minimum atomic E-state index is -4.46. The predicted octanol–water partition coefficient (Wildman–Crippen LogP) is 4.63. The molecule has 2 aromatic carbocycles. The van der Waals surface area contributed by atoms with E-state index in [2.05, 4.69) is 0 Å². The second-order valence-corrected chi connectivity index (χ2v) is 8.64. The van der Waals surface area contributed by atoms with Crippen molar-refractivity contribution in [2.24, 2.45) is 5.92 Å². The summed E-state index contributed by atoms with van der Waals surface area (Å²) in [4.78, 5) is 15.7. The maximum atomic E-state index is 13.2. The molecule has 0 aromatic heterocycles. The van der Waals surface area contributed by atoms with E-state index in [9.17, 15) is 18.0 Å². The Morgan fingerprint density at radius 3 is 2.41 bits per heavy atom. The van der Waals surface area contributed by atoms with Gasteiger partial charge in [0, 0.05) is 36.6 Å². The van der Waals surface area contributed by atoms with Crippen molar-refractivity contribution in [3.63, 3.8) is 0 Å². The molecule has 0 atom stereocenters. The van der Waals surface area contributed by atoms with E-state index in [1.54, 1.807) is 7.11 Å². The number of nitrogens with zero attached hydrogens (tertiary/aromatic N) is 2. The second-order valence-electron chi connectivity index (χ2n) is 8.64. The van der Waals surface area contributed by atoms with Crippen LogP contribution < -0.4 is 19.3 Å². The molecular weight excluding hydrogens is 425 g/mol. The summed E-state index contributed by atoms with van der Waals surface area (Å²) in [6.45, 7) is 5.16. The Morgan fingerprint density at radius 2 is 1.78 bits per heavy atom. The first-order chi connectivity index (χ1) is 15.0. The van der Waals surface area contributed by atoms with Crippen molar-refractivity contribution < 1.29 is 32.2 Å². The third-order valence-corrected chi connectivity index (χ3v) is 5.71. The number of benzene rings is 2. The Kier molecular flexibility index (Phi) is 5.38. The predicted molar refractivity (Wildman–Crippen MR) is 114 cm³/mol. The van der Waals surface area contributed by atoms with Crippen molar-refractivity contribution in [3.05, 3.63) is 42.0 Å². The van der Waals surface area contributed by atoms with Gasteiger partial charge in [0.25, 0.3) is 0 Å². The number of hydrogen-bond acceptors (Lipinski definition) is 6. The van der Waals surface area contributed by atoms with Gasteiger partial charge in [-0.15, -0.1) is 0 Å². The molecule has 0 amide bonds. The highest BCUT2D eigenvalue weighted by molar-refractivity contribution is 5.79. The molecule has 0 saturated carbocycles. The van der Waals surface area contributed by atoms with Crippen molar-refractivity contribution in [1.82, 2.24) is 0 Å². The standard InChI is InChI=1S/C23H25F3N2O4/c1-22(2)13-28(19-6-5-15(23(24,25)26)7-20(19)32-22)17-8-16(9-18(10-17)30-3)27-11-14(12-27)21(29)31-4/h5-10,14H,11-13H2,1-4H3. The lowest BCUT2D eigenvalue weighted by molar-refractivity contribution is -0.146. The number of halogens is 3. The number of alkyl halides is 3. The van der Waals surface area contributed by atoms with E-state index in [0.29, 0.717) is 31.1 Å². The highest BCUT2D eigenvalue weighted by Crippen LogP contribution is 2.45. The van der Waals surface area contributed by atoms with E-state index in [1.165, 1.54) is 13.2 Å². The van der Waals surface area contributed by atoms with Crippen LogP contribution >= 0.6 is 0 Å². The maximum absolute atomic E-state index is 13.2.